The highest BCUT2D eigenvalue weighted by molar-refractivity contribution is 6.43. The summed E-state index contributed by atoms with van der Waals surface area (Å²) in [4.78, 5) is 22.8. The van der Waals surface area contributed by atoms with Crippen LogP contribution in [0.2, 0.25) is 0 Å². The molecule has 1 atom stereocenters. The van der Waals surface area contributed by atoms with Crippen LogP contribution in [-0.4, -0.2) is 23.7 Å². The normalized spacial score (nSPS) is 11.9. The van der Waals surface area contributed by atoms with Gasteiger partial charge in [-0.05, 0) is 6.92 Å². The third-order valence-electron chi connectivity index (χ3n) is 1.78. The van der Waals surface area contributed by atoms with Gasteiger partial charge in [-0.2, -0.15) is 0 Å². The Morgan fingerprint density at radius 1 is 1.33 bits per heavy atom. The van der Waals surface area contributed by atoms with Crippen molar-refractivity contribution in [1.29, 1.82) is 0 Å². The Kier molecular flexibility index (Phi) is 4.31. The van der Waals surface area contributed by atoms with Crippen molar-refractivity contribution in [3.8, 4) is 0 Å². The van der Waals surface area contributed by atoms with Crippen LogP contribution in [0.5, 0.6) is 0 Å². The van der Waals surface area contributed by atoms with Gasteiger partial charge >= 0.3 is 5.97 Å². The molecule has 0 aliphatic rings. The smallest absolute Gasteiger partial charge is 0.332 e. The van der Waals surface area contributed by atoms with Crippen LogP contribution < -0.4 is 0 Å². The van der Waals surface area contributed by atoms with E-state index in [-0.39, 0.29) is 6.61 Å². The summed E-state index contributed by atoms with van der Waals surface area (Å²) in [6.07, 6.45) is 0. The van der Waals surface area contributed by atoms with Crippen molar-refractivity contribution in [2.75, 3.05) is 6.61 Å². The monoisotopic (exact) mass is 226 g/mol. The lowest BCUT2D eigenvalue weighted by Gasteiger charge is -2.07. The summed E-state index contributed by atoms with van der Waals surface area (Å²) in [6.45, 7) is 1.87. The molecule has 0 radical (unpaired) electrons. The summed E-state index contributed by atoms with van der Waals surface area (Å²) in [5.74, 6) is -1.14. The van der Waals surface area contributed by atoms with Gasteiger partial charge in [0.05, 0.1) is 6.61 Å². The molecular formula is C11H11ClO3. The van der Waals surface area contributed by atoms with Crippen LogP contribution in [0.25, 0.3) is 0 Å². The van der Waals surface area contributed by atoms with E-state index in [0.29, 0.717) is 5.56 Å². The Bertz CT molecular complexity index is 348. The first kappa shape index (κ1) is 11.7. The summed E-state index contributed by atoms with van der Waals surface area (Å²) in [7, 11) is 0. The van der Waals surface area contributed by atoms with Crippen molar-refractivity contribution in [3.63, 3.8) is 0 Å². The first-order chi connectivity index (χ1) is 7.16. The summed E-state index contributed by atoms with van der Waals surface area (Å²) >= 11 is 5.67. The number of rotatable bonds is 4. The van der Waals surface area contributed by atoms with E-state index < -0.39 is 17.1 Å². The standard InChI is InChI=1S/C11H11ClO3/c1-2-15-11(14)9(12)10(13)8-6-4-3-5-7-8/h3-7,9H,2H2,1H3/t9-/m0/s1. The quantitative estimate of drug-likeness (QED) is 0.342. The molecule has 0 saturated heterocycles. The predicted octanol–water partition coefficient (Wildman–Crippen LogP) is 2.04. The van der Waals surface area contributed by atoms with Crippen molar-refractivity contribution in [3.05, 3.63) is 35.9 Å². The Morgan fingerprint density at radius 2 is 1.93 bits per heavy atom. The topological polar surface area (TPSA) is 43.4 Å². The van der Waals surface area contributed by atoms with E-state index in [1.54, 1.807) is 37.3 Å². The van der Waals surface area contributed by atoms with Gasteiger partial charge in [-0.25, -0.2) is 4.79 Å². The van der Waals surface area contributed by atoms with Gasteiger partial charge in [-0.15, -0.1) is 11.6 Å². The minimum Gasteiger partial charge on any atom is -0.465 e. The molecule has 0 saturated carbocycles. The fourth-order valence-corrected chi connectivity index (χ4v) is 1.26. The summed E-state index contributed by atoms with van der Waals surface area (Å²) in [6, 6.07) is 8.42. The molecule has 1 aromatic rings. The second-order valence-electron chi connectivity index (χ2n) is 2.84. The lowest BCUT2D eigenvalue weighted by Crippen LogP contribution is -2.26. The predicted molar refractivity (Wildman–Crippen MR) is 57.0 cm³/mol. The molecule has 0 unspecified atom stereocenters. The highest BCUT2D eigenvalue weighted by Crippen LogP contribution is 2.09. The first-order valence-electron chi connectivity index (χ1n) is 4.56. The van der Waals surface area contributed by atoms with Gasteiger partial charge in [-0.3, -0.25) is 4.79 Å². The maximum atomic E-state index is 11.6. The number of ketones is 1. The number of ether oxygens (including phenoxy) is 1. The number of carbonyl (C=O) groups is 2. The molecule has 1 rings (SSSR count). The minimum absolute atomic E-state index is 0.212. The third kappa shape index (κ3) is 3.06. The van der Waals surface area contributed by atoms with Crippen LogP contribution >= 0.6 is 11.6 Å². The number of alkyl halides is 1. The van der Waals surface area contributed by atoms with Crippen LogP contribution in [-0.2, 0) is 9.53 Å². The number of hydrogen-bond donors (Lipinski definition) is 0. The number of esters is 1. The Balaban J connectivity index is 2.73. The zero-order valence-corrected chi connectivity index (χ0v) is 9.03. The van der Waals surface area contributed by atoms with Gasteiger partial charge in [-0.1, -0.05) is 30.3 Å². The van der Waals surface area contributed by atoms with Gasteiger partial charge < -0.3 is 4.74 Å². The van der Waals surface area contributed by atoms with Gasteiger partial charge in [0.25, 0.3) is 0 Å². The Hall–Kier alpha value is -1.35. The first-order valence-corrected chi connectivity index (χ1v) is 5.00. The summed E-state index contributed by atoms with van der Waals surface area (Å²) < 4.78 is 4.65. The van der Waals surface area contributed by atoms with E-state index in [4.69, 9.17) is 11.6 Å². The lowest BCUT2D eigenvalue weighted by atomic mass is 10.1. The van der Waals surface area contributed by atoms with E-state index in [2.05, 4.69) is 4.74 Å². The second-order valence-corrected chi connectivity index (χ2v) is 3.28. The van der Waals surface area contributed by atoms with Crippen molar-refractivity contribution < 1.29 is 14.3 Å². The van der Waals surface area contributed by atoms with Crippen molar-refractivity contribution in [2.45, 2.75) is 12.3 Å². The zero-order chi connectivity index (χ0) is 11.3. The molecule has 0 amide bonds. The second kappa shape index (κ2) is 5.51. The molecule has 80 valence electrons. The molecule has 0 aliphatic heterocycles. The van der Waals surface area contributed by atoms with Crippen LogP contribution in [0.4, 0.5) is 0 Å². The molecule has 4 heteroatoms. The van der Waals surface area contributed by atoms with E-state index in [1.165, 1.54) is 0 Å². The number of halogens is 1. The van der Waals surface area contributed by atoms with Crippen LogP contribution in [0, 0.1) is 0 Å². The van der Waals surface area contributed by atoms with Gasteiger partial charge in [0.15, 0.2) is 11.2 Å². The maximum Gasteiger partial charge on any atom is 0.332 e. The van der Waals surface area contributed by atoms with Gasteiger partial charge in [0.2, 0.25) is 0 Å². The molecule has 0 N–H and O–H groups in total. The number of carbonyl (C=O) groups excluding carboxylic acids is 2. The maximum absolute atomic E-state index is 11.6. The molecule has 3 nitrogen and oxygen atoms in total. The fourth-order valence-electron chi connectivity index (χ4n) is 1.07. The summed E-state index contributed by atoms with van der Waals surface area (Å²) in [5.41, 5.74) is 0.408. The van der Waals surface area contributed by atoms with E-state index in [1.807, 2.05) is 0 Å². The molecule has 0 fully saturated rings. The summed E-state index contributed by atoms with van der Waals surface area (Å²) in [5, 5.41) is -1.26. The van der Waals surface area contributed by atoms with Gasteiger partial charge in [0, 0.05) is 5.56 Å². The van der Waals surface area contributed by atoms with Crippen LogP contribution in [0.3, 0.4) is 0 Å². The fraction of sp³-hybridized carbons (Fsp3) is 0.273. The van der Waals surface area contributed by atoms with Crippen molar-refractivity contribution in [2.24, 2.45) is 0 Å². The molecule has 0 aromatic heterocycles. The van der Waals surface area contributed by atoms with Gasteiger partial charge in [0.1, 0.15) is 0 Å². The highest BCUT2D eigenvalue weighted by Gasteiger charge is 2.25. The molecule has 1 aromatic carbocycles. The molecule has 15 heavy (non-hydrogen) atoms. The minimum atomic E-state index is -1.26. The molecule has 0 spiro atoms. The molecule has 0 aliphatic carbocycles. The number of Topliss-reactive ketones (excluding diaryl/α,β-unsaturated/α-hetero) is 1. The van der Waals surface area contributed by atoms with Crippen molar-refractivity contribution >= 4 is 23.4 Å². The van der Waals surface area contributed by atoms with Crippen molar-refractivity contribution in [1.82, 2.24) is 0 Å². The molecule has 0 bridgehead atoms. The lowest BCUT2D eigenvalue weighted by molar-refractivity contribution is -0.141. The average Bonchev–Trinajstić information content (AvgIpc) is 2.28. The molecule has 0 heterocycles. The number of benzene rings is 1. The van der Waals surface area contributed by atoms with E-state index in [9.17, 15) is 9.59 Å². The van der Waals surface area contributed by atoms with Crippen LogP contribution in [0.1, 0.15) is 17.3 Å². The average molecular weight is 227 g/mol. The highest BCUT2D eigenvalue weighted by atomic mass is 35.5. The zero-order valence-electron chi connectivity index (χ0n) is 8.27. The SMILES string of the molecule is CCOC(=O)[C@@H](Cl)C(=O)c1ccccc1. The van der Waals surface area contributed by atoms with E-state index >= 15 is 0 Å². The Morgan fingerprint density at radius 3 is 2.47 bits per heavy atom. The number of hydrogen-bond acceptors (Lipinski definition) is 3. The largest absolute Gasteiger partial charge is 0.465 e. The third-order valence-corrected chi connectivity index (χ3v) is 2.16. The molecular weight excluding hydrogens is 216 g/mol. The van der Waals surface area contributed by atoms with Crippen LogP contribution in [0.15, 0.2) is 30.3 Å². The Labute approximate surface area is 93.0 Å². The van der Waals surface area contributed by atoms with E-state index in [0.717, 1.165) is 0 Å².